The van der Waals surface area contributed by atoms with Gasteiger partial charge in [-0.05, 0) is 16.5 Å². The van der Waals surface area contributed by atoms with E-state index >= 15 is 0 Å². The molecule has 86 valence electrons. The van der Waals surface area contributed by atoms with Crippen molar-refractivity contribution in [2.24, 2.45) is 7.05 Å². The zero-order chi connectivity index (χ0) is 11.7. The Kier molecular flexibility index (Phi) is 2.18. The van der Waals surface area contributed by atoms with E-state index in [-0.39, 0.29) is 0 Å². The fraction of sp³-hybridized carbons (Fsp3) is 0.222. The Bertz CT molecular complexity index is 639. The van der Waals surface area contributed by atoms with Crippen LogP contribution in [0.4, 0.5) is 5.82 Å². The van der Waals surface area contributed by atoms with Crippen LogP contribution >= 0.6 is 0 Å². The van der Waals surface area contributed by atoms with Gasteiger partial charge in [0.15, 0.2) is 11.5 Å². The molecule has 3 heterocycles. The highest BCUT2D eigenvalue weighted by Crippen LogP contribution is 2.07. The Morgan fingerprint density at radius 2 is 2.29 bits per heavy atom. The number of hydrogen-bond donors (Lipinski definition) is 1. The topological polar surface area (TPSA) is 85.8 Å². The Balaban J connectivity index is 1.86. The molecule has 1 N–H and O–H groups in total. The van der Waals surface area contributed by atoms with Gasteiger partial charge in [-0.2, -0.15) is 9.61 Å². The predicted molar refractivity (Wildman–Crippen MR) is 59.1 cm³/mol. The molecular formula is C9H10N8. The quantitative estimate of drug-likeness (QED) is 0.674. The molecule has 0 saturated heterocycles. The number of aryl methyl sites for hydroxylation is 1. The van der Waals surface area contributed by atoms with E-state index in [1.165, 1.54) is 0 Å². The molecule has 0 fully saturated rings. The summed E-state index contributed by atoms with van der Waals surface area (Å²) in [6, 6.07) is 1.94. The summed E-state index contributed by atoms with van der Waals surface area (Å²) in [7, 11) is 1.90. The first-order valence-corrected chi connectivity index (χ1v) is 5.07. The number of fused-ring (bicyclic) bond motifs is 1. The summed E-state index contributed by atoms with van der Waals surface area (Å²) in [4.78, 5) is 4.06. The number of nitrogens with zero attached hydrogens (tertiary/aromatic N) is 7. The standard InChI is InChI=1S/C9H10N8/c1-16-7(2-3-12-16)4-11-8-5-10-6-9-13-14-15-17(8)9/h2-3,5-6,11H,4H2,1H3. The van der Waals surface area contributed by atoms with Gasteiger partial charge in [-0.1, -0.05) is 0 Å². The maximum Gasteiger partial charge on any atom is 0.199 e. The largest absolute Gasteiger partial charge is 0.363 e. The van der Waals surface area contributed by atoms with Gasteiger partial charge in [0.1, 0.15) is 0 Å². The van der Waals surface area contributed by atoms with Crippen molar-refractivity contribution in [3.63, 3.8) is 0 Å². The summed E-state index contributed by atoms with van der Waals surface area (Å²) in [5.74, 6) is 0.744. The van der Waals surface area contributed by atoms with E-state index in [0.717, 1.165) is 11.5 Å². The molecule has 3 rings (SSSR count). The Morgan fingerprint density at radius 3 is 3.12 bits per heavy atom. The first-order chi connectivity index (χ1) is 8.34. The normalized spacial score (nSPS) is 10.9. The zero-order valence-corrected chi connectivity index (χ0v) is 9.15. The lowest BCUT2D eigenvalue weighted by molar-refractivity contribution is 0.717. The average molecular weight is 230 g/mol. The molecule has 3 aromatic heterocycles. The van der Waals surface area contributed by atoms with E-state index in [1.54, 1.807) is 27.8 Å². The van der Waals surface area contributed by atoms with Crippen molar-refractivity contribution in [2.75, 3.05) is 5.32 Å². The molecule has 0 unspecified atom stereocenters. The Labute approximate surface area is 96.3 Å². The van der Waals surface area contributed by atoms with E-state index in [9.17, 15) is 0 Å². The highest BCUT2D eigenvalue weighted by molar-refractivity contribution is 5.43. The van der Waals surface area contributed by atoms with Crippen molar-refractivity contribution in [1.82, 2.24) is 34.8 Å². The molecule has 0 radical (unpaired) electrons. The summed E-state index contributed by atoms with van der Waals surface area (Å²) in [6.07, 6.45) is 5.04. The first-order valence-electron chi connectivity index (χ1n) is 5.07. The maximum atomic E-state index is 4.10. The second kappa shape index (κ2) is 3.81. The van der Waals surface area contributed by atoms with Gasteiger partial charge in [0.25, 0.3) is 0 Å². The van der Waals surface area contributed by atoms with Crippen molar-refractivity contribution < 1.29 is 0 Å². The minimum atomic E-state index is 0.611. The third-order valence-corrected chi connectivity index (χ3v) is 2.48. The van der Waals surface area contributed by atoms with Crippen LogP contribution < -0.4 is 5.32 Å². The van der Waals surface area contributed by atoms with E-state index < -0.39 is 0 Å². The Hall–Kier alpha value is -2.51. The summed E-state index contributed by atoms with van der Waals surface area (Å²) >= 11 is 0. The maximum absolute atomic E-state index is 4.10. The molecule has 0 aromatic carbocycles. The number of nitrogens with one attached hydrogen (secondary N) is 1. The SMILES string of the molecule is Cn1nccc1CNc1cncc2nnnn12. The number of tetrazole rings is 1. The van der Waals surface area contributed by atoms with Crippen LogP contribution in [0.2, 0.25) is 0 Å². The van der Waals surface area contributed by atoms with Gasteiger partial charge in [0.2, 0.25) is 0 Å². The lowest BCUT2D eigenvalue weighted by Crippen LogP contribution is -2.09. The van der Waals surface area contributed by atoms with Crippen LogP contribution in [0.5, 0.6) is 0 Å². The second-order valence-electron chi connectivity index (χ2n) is 3.54. The number of rotatable bonds is 3. The van der Waals surface area contributed by atoms with Crippen LogP contribution in [-0.2, 0) is 13.6 Å². The second-order valence-corrected chi connectivity index (χ2v) is 3.54. The monoisotopic (exact) mass is 230 g/mol. The molecule has 0 amide bonds. The number of hydrogen-bond acceptors (Lipinski definition) is 6. The van der Waals surface area contributed by atoms with Crippen molar-refractivity contribution in [3.05, 3.63) is 30.4 Å². The summed E-state index contributed by atoms with van der Waals surface area (Å²) < 4.78 is 3.41. The lowest BCUT2D eigenvalue weighted by Gasteiger charge is -2.06. The van der Waals surface area contributed by atoms with E-state index in [2.05, 4.69) is 30.9 Å². The van der Waals surface area contributed by atoms with Crippen molar-refractivity contribution >= 4 is 11.5 Å². The summed E-state index contributed by atoms with van der Waals surface area (Å²) in [5, 5.41) is 18.6. The highest BCUT2D eigenvalue weighted by atomic mass is 15.5. The van der Waals surface area contributed by atoms with Crippen LogP contribution in [-0.4, -0.2) is 34.8 Å². The van der Waals surface area contributed by atoms with Crippen LogP contribution in [0.25, 0.3) is 5.65 Å². The molecule has 8 nitrogen and oxygen atoms in total. The average Bonchev–Trinajstić information content (AvgIpc) is 2.95. The molecule has 0 atom stereocenters. The number of anilines is 1. The first kappa shape index (κ1) is 9.70. The van der Waals surface area contributed by atoms with Crippen LogP contribution in [0.1, 0.15) is 5.69 Å². The third kappa shape index (κ3) is 1.69. The lowest BCUT2D eigenvalue weighted by atomic mass is 10.4. The predicted octanol–water partition coefficient (Wildman–Crippen LogP) is -0.135. The van der Waals surface area contributed by atoms with Gasteiger partial charge >= 0.3 is 0 Å². The molecule has 0 aliphatic heterocycles. The molecule has 0 bridgehead atoms. The van der Waals surface area contributed by atoms with Gasteiger partial charge in [-0.15, -0.1) is 5.10 Å². The molecule has 8 heteroatoms. The van der Waals surface area contributed by atoms with Crippen molar-refractivity contribution in [3.8, 4) is 0 Å². The van der Waals surface area contributed by atoms with Crippen LogP contribution in [0.15, 0.2) is 24.7 Å². The van der Waals surface area contributed by atoms with Crippen molar-refractivity contribution in [1.29, 1.82) is 0 Å². The molecule has 0 spiro atoms. The minimum absolute atomic E-state index is 0.611. The van der Waals surface area contributed by atoms with E-state index in [1.807, 2.05) is 13.1 Å². The zero-order valence-electron chi connectivity index (χ0n) is 9.15. The summed E-state index contributed by atoms with van der Waals surface area (Å²) in [6.45, 7) is 0.636. The molecule has 17 heavy (non-hydrogen) atoms. The highest BCUT2D eigenvalue weighted by Gasteiger charge is 2.04. The van der Waals surface area contributed by atoms with Gasteiger partial charge in [0, 0.05) is 13.2 Å². The molecule has 0 saturated carbocycles. The fourth-order valence-electron chi connectivity index (χ4n) is 1.55. The molecule has 0 aliphatic rings. The van der Waals surface area contributed by atoms with Crippen LogP contribution in [0.3, 0.4) is 0 Å². The Morgan fingerprint density at radius 1 is 1.35 bits per heavy atom. The molecular weight excluding hydrogens is 220 g/mol. The van der Waals surface area contributed by atoms with Gasteiger partial charge in [-0.3, -0.25) is 9.67 Å². The van der Waals surface area contributed by atoms with Crippen molar-refractivity contribution in [2.45, 2.75) is 6.54 Å². The summed E-state index contributed by atoms with van der Waals surface area (Å²) in [5.41, 5.74) is 1.68. The van der Waals surface area contributed by atoms with E-state index in [0.29, 0.717) is 12.2 Å². The number of aromatic nitrogens is 7. The van der Waals surface area contributed by atoms with Gasteiger partial charge in [-0.25, -0.2) is 0 Å². The molecule has 0 aliphatic carbocycles. The third-order valence-electron chi connectivity index (χ3n) is 2.48. The molecule has 3 aromatic rings. The van der Waals surface area contributed by atoms with Gasteiger partial charge in [0.05, 0.1) is 24.6 Å². The van der Waals surface area contributed by atoms with Gasteiger partial charge < -0.3 is 5.32 Å². The van der Waals surface area contributed by atoms with E-state index in [4.69, 9.17) is 0 Å². The minimum Gasteiger partial charge on any atom is -0.363 e. The smallest absolute Gasteiger partial charge is 0.199 e. The fourth-order valence-corrected chi connectivity index (χ4v) is 1.55. The van der Waals surface area contributed by atoms with Crippen LogP contribution in [0, 0.1) is 0 Å².